The molecule has 0 radical (unpaired) electrons. The molecule has 0 saturated carbocycles. The van der Waals surface area contributed by atoms with Crippen molar-refractivity contribution in [3.63, 3.8) is 0 Å². The maximum absolute atomic E-state index is 12.4. The first-order valence-corrected chi connectivity index (χ1v) is 9.43. The van der Waals surface area contributed by atoms with Crippen LogP contribution in [0.5, 0.6) is 11.5 Å². The summed E-state index contributed by atoms with van der Waals surface area (Å²) in [5.74, 6) is 1.44. The third-order valence-corrected chi connectivity index (χ3v) is 4.18. The summed E-state index contributed by atoms with van der Waals surface area (Å²) in [7, 11) is 0. The highest BCUT2D eigenvalue weighted by atomic mass is 16.5. The van der Waals surface area contributed by atoms with Crippen molar-refractivity contribution in [1.29, 1.82) is 0 Å². The van der Waals surface area contributed by atoms with Gasteiger partial charge in [-0.2, -0.15) is 5.10 Å². The second kappa shape index (κ2) is 9.60. The Labute approximate surface area is 165 Å². The van der Waals surface area contributed by atoms with Crippen molar-refractivity contribution in [3.05, 3.63) is 77.6 Å². The van der Waals surface area contributed by atoms with E-state index in [2.05, 4.69) is 10.4 Å². The van der Waals surface area contributed by atoms with E-state index in [4.69, 9.17) is 9.47 Å². The quantitative estimate of drug-likeness (QED) is 0.614. The molecule has 1 amide bonds. The number of aryl methyl sites for hydroxylation is 1. The van der Waals surface area contributed by atoms with Crippen LogP contribution in [-0.4, -0.2) is 22.3 Å². The molecule has 28 heavy (non-hydrogen) atoms. The number of carbonyl (C=O) groups excluding carboxylic acids is 1. The van der Waals surface area contributed by atoms with Gasteiger partial charge in [-0.3, -0.25) is 9.48 Å². The van der Waals surface area contributed by atoms with Gasteiger partial charge in [-0.25, -0.2) is 0 Å². The number of benzene rings is 2. The van der Waals surface area contributed by atoms with Crippen LogP contribution >= 0.6 is 0 Å². The Morgan fingerprint density at radius 2 is 1.79 bits per heavy atom. The van der Waals surface area contributed by atoms with Crippen LogP contribution in [0.25, 0.3) is 0 Å². The van der Waals surface area contributed by atoms with Crippen molar-refractivity contribution in [2.45, 2.75) is 33.5 Å². The lowest BCUT2D eigenvalue weighted by Crippen LogP contribution is -2.23. The molecule has 0 aliphatic rings. The summed E-state index contributed by atoms with van der Waals surface area (Å²) in [6.45, 7) is 6.20. The second-order valence-corrected chi connectivity index (χ2v) is 6.24. The highest BCUT2D eigenvalue weighted by Crippen LogP contribution is 2.19. The van der Waals surface area contributed by atoms with Gasteiger partial charge in [0.1, 0.15) is 18.1 Å². The molecular weight excluding hydrogens is 354 g/mol. The van der Waals surface area contributed by atoms with Gasteiger partial charge in [0.05, 0.1) is 18.8 Å². The van der Waals surface area contributed by atoms with E-state index in [1.165, 1.54) is 0 Å². The standard InChI is InChI=1S/C22H25N3O3/c1-3-25-13-12-19(24-25)15-23-22(26)18-7-5-6-17(14-18)16-28-21-10-8-20(9-11-21)27-4-2/h5-14H,3-4,15-16H2,1-2H3,(H,23,26). The van der Waals surface area contributed by atoms with Gasteiger partial charge in [-0.05, 0) is 61.9 Å². The van der Waals surface area contributed by atoms with Crippen LogP contribution in [0.2, 0.25) is 0 Å². The van der Waals surface area contributed by atoms with Gasteiger partial charge in [0.25, 0.3) is 5.91 Å². The number of hydrogen-bond donors (Lipinski definition) is 1. The maximum Gasteiger partial charge on any atom is 0.251 e. The lowest BCUT2D eigenvalue weighted by atomic mass is 10.1. The summed E-state index contributed by atoms with van der Waals surface area (Å²) in [6.07, 6.45) is 1.90. The molecule has 0 spiro atoms. The molecule has 146 valence electrons. The Morgan fingerprint density at radius 1 is 1.04 bits per heavy atom. The fourth-order valence-electron chi connectivity index (χ4n) is 2.71. The average Bonchev–Trinajstić information content (AvgIpc) is 3.20. The van der Waals surface area contributed by atoms with Gasteiger partial charge in [-0.1, -0.05) is 12.1 Å². The fraction of sp³-hybridized carbons (Fsp3) is 0.273. The van der Waals surface area contributed by atoms with E-state index >= 15 is 0 Å². The minimum Gasteiger partial charge on any atom is -0.494 e. The van der Waals surface area contributed by atoms with Gasteiger partial charge in [0.2, 0.25) is 0 Å². The molecule has 1 aromatic heterocycles. The Balaban J connectivity index is 1.54. The van der Waals surface area contributed by atoms with Crippen LogP contribution in [0.1, 0.15) is 35.5 Å². The predicted molar refractivity (Wildman–Crippen MR) is 107 cm³/mol. The summed E-state index contributed by atoms with van der Waals surface area (Å²) in [5.41, 5.74) is 2.37. The van der Waals surface area contributed by atoms with E-state index < -0.39 is 0 Å². The monoisotopic (exact) mass is 379 g/mol. The molecule has 3 rings (SSSR count). The van der Waals surface area contributed by atoms with Crippen LogP contribution < -0.4 is 14.8 Å². The number of amides is 1. The predicted octanol–water partition coefficient (Wildman–Crippen LogP) is 3.81. The van der Waals surface area contributed by atoms with Crippen molar-refractivity contribution in [1.82, 2.24) is 15.1 Å². The molecule has 1 heterocycles. The molecule has 6 heteroatoms. The maximum atomic E-state index is 12.4. The zero-order valence-corrected chi connectivity index (χ0v) is 16.2. The van der Waals surface area contributed by atoms with Gasteiger partial charge < -0.3 is 14.8 Å². The van der Waals surface area contributed by atoms with Crippen molar-refractivity contribution >= 4 is 5.91 Å². The fourth-order valence-corrected chi connectivity index (χ4v) is 2.71. The van der Waals surface area contributed by atoms with E-state index in [0.29, 0.717) is 25.3 Å². The van der Waals surface area contributed by atoms with E-state index in [-0.39, 0.29) is 5.91 Å². The Bertz CT molecular complexity index is 903. The lowest BCUT2D eigenvalue weighted by Gasteiger charge is -2.09. The Kier molecular flexibility index (Phi) is 6.68. The van der Waals surface area contributed by atoms with Crippen LogP contribution in [-0.2, 0) is 19.7 Å². The average molecular weight is 379 g/mol. The van der Waals surface area contributed by atoms with E-state index in [0.717, 1.165) is 29.3 Å². The summed E-state index contributed by atoms with van der Waals surface area (Å²) in [4.78, 5) is 12.4. The molecule has 0 aliphatic carbocycles. The summed E-state index contributed by atoms with van der Waals surface area (Å²) in [5, 5.41) is 7.27. The van der Waals surface area contributed by atoms with E-state index in [1.54, 1.807) is 6.07 Å². The molecule has 0 aliphatic heterocycles. The summed E-state index contributed by atoms with van der Waals surface area (Å²) in [6, 6.07) is 16.8. The zero-order valence-electron chi connectivity index (χ0n) is 16.2. The van der Waals surface area contributed by atoms with Gasteiger partial charge >= 0.3 is 0 Å². The normalized spacial score (nSPS) is 10.5. The Hall–Kier alpha value is -3.28. The third-order valence-electron chi connectivity index (χ3n) is 4.18. The van der Waals surface area contributed by atoms with Crippen molar-refractivity contribution in [2.75, 3.05) is 6.61 Å². The number of hydrogen-bond acceptors (Lipinski definition) is 4. The number of aromatic nitrogens is 2. The van der Waals surface area contributed by atoms with E-state index in [9.17, 15) is 4.79 Å². The molecule has 0 unspecified atom stereocenters. The van der Waals surface area contributed by atoms with Gasteiger partial charge in [0, 0.05) is 18.3 Å². The number of nitrogens with one attached hydrogen (secondary N) is 1. The lowest BCUT2D eigenvalue weighted by molar-refractivity contribution is 0.0950. The zero-order chi connectivity index (χ0) is 19.8. The van der Waals surface area contributed by atoms with Crippen LogP contribution in [0.3, 0.4) is 0 Å². The first kappa shape index (κ1) is 19.5. The summed E-state index contributed by atoms with van der Waals surface area (Å²) >= 11 is 0. The minimum absolute atomic E-state index is 0.131. The molecule has 0 saturated heterocycles. The smallest absolute Gasteiger partial charge is 0.251 e. The van der Waals surface area contributed by atoms with Gasteiger partial charge in [-0.15, -0.1) is 0 Å². The third kappa shape index (κ3) is 5.36. The summed E-state index contributed by atoms with van der Waals surface area (Å²) < 4.78 is 13.1. The first-order valence-electron chi connectivity index (χ1n) is 9.43. The number of ether oxygens (including phenoxy) is 2. The van der Waals surface area contributed by atoms with Crippen molar-refractivity contribution < 1.29 is 14.3 Å². The van der Waals surface area contributed by atoms with Crippen molar-refractivity contribution in [3.8, 4) is 11.5 Å². The molecule has 2 aromatic carbocycles. The Morgan fingerprint density at radius 3 is 2.46 bits per heavy atom. The molecule has 0 fully saturated rings. The highest BCUT2D eigenvalue weighted by Gasteiger charge is 2.08. The SMILES string of the molecule is CCOc1ccc(OCc2cccc(C(=O)NCc3ccn(CC)n3)c2)cc1. The molecule has 3 aromatic rings. The van der Waals surface area contributed by atoms with Crippen LogP contribution in [0.15, 0.2) is 60.8 Å². The molecule has 1 N–H and O–H groups in total. The molecule has 0 bridgehead atoms. The molecule has 6 nitrogen and oxygen atoms in total. The number of rotatable bonds is 9. The number of nitrogens with zero attached hydrogens (tertiary/aromatic N) is 2. The largest absolute Gasteiger partial charge is 0.494 e. The van der Waals surface area contributed by atoms with E-state index in [1.807, 2.05) is 73.3 Å². The molecular formula is C22H25N3O3. The minimum atomic E-state index is -0.131. The topological polar surface area (TPSA) is 65.4 Å². The second-order valence-electron chi connectivity index (χ2n) is 6.24. The molecule has 0 atom stereocenters. The van der Waals surface area contributed by atoms with Crippen LogP contribution in [0.4, 0.5) is 0 Å². The van der Waals surface area contributed by atoms with Crippen molar-refractivity contribution in [2.24, 2.45) is 0 Å². The van der Waals surface area contributed by atoms with Gasteiger partial charge in [0.15, 0.2) is 0 Å². The highest BCUT2D eigenvalue weighted by molar-refractivity contribution is 5.94. The first-order chi connectivity index (χ1) is 13.7. The van der Waals surface area contributed by atoms with Crippen LogP contribution in [0, 0.1) is 0 Å². The number of carbonyl (C=O) groups is 1.